The monoisotopic (exact) mass is 1120 g/mol. The number of allylic oxidation sites excluding steroid dienone is 10. The average Bonchev–Trinajstić information content (AvgIpc) is 3.29. The summed E-state index contributed by atoms with van der Waals surface area (Å²) in [4.78, 5) is 10.6. The van der Waals surface area contributed by atoms with Crippen LogP contribution >= 0.6 is 0 Å². The van der Waals surface area contributed by atoms with Gasteiger partial charge in [0.2, 0.25) is 5.75 Å². The summed E-state index contributed by atoms with van der Waals surface area (Å²) in [5, 5.41) is 37.1. The first-order chi connectivity index (χ1) is 32.7. The van der Waals surface area contributed by atoms with Crippen LogP contribution in [-0.2, 0) is 40.5 Å². The maximum absolute atomic E-state index is 13.3. The fourth-order valence-corrected chi connectivity index (χ4v) is 8.57. The number of hydrogen-bond donors (Lipinski definition) is 0. The summed E-state index contributed by atoms with van der Waals surface area (Å²) in [5.41, 5.74) is -0.619. The minimum Gasteiger partial charge on any atom is -0.744 e. The Morgan fingerprint density at radius 2 is 0.986 bits per heavy atom. The molecule has 0 saturated carbocycles. The van der Waals surface area contributed by atoms with E-state index in [-0.39, 0.29) is 196 Å². The van der Waals surface area contributed by atoms with E-state index in [4.69, 9.17) is 9.47 Å². The molecule has 4 aromatic carbocycles. The average molecular weight is 1120 g/mol. The van der Waals surface area contributed by atoms with Crippen LogP contribution in [0, 0.1) is 24.0 Å². The van der Waals surface area contributed by atoms with Crippen molar-refractivity contribution in [2.75, 3.05) is 19.4 Å². The first-order valence-corrected chi connectivity index (χ1v) is 25.0. The van der Waals surface area contributed by atoms with Gasteiger partial charge in [0.25, 0.3) is 0 Å². The third-order valence-electron chi connectivity index (χ3n) is 9.55. The van der Waals surface area contributed by atoms with E-state index in [2.05, 4.69) is 30.7 Å². The number of nitroso groups, excluding NO2 is 1. The third-order valence-corrected chi connectivity index (χ3v) is 13.0. The second kappa shape index (κ2) is 27.7. The standard InChI is InChI=1S/C42H36N8O16S4.4Na/c1-25-17-37(39(65-3)23-35(25)45-43-29-7-5-9-33(19-29)67(53,54)55)49(51)47-31-15-13-27(41(21-31)69(59,60)61)11-12-28-14-16-32(22-42(28)70(62,63)64)48-50(52)38-18-26(2)36(24-40(38)66-4)46-44-30-8-6-10-34(20-30)68(56,57)58;;;;/h5-24H,1-4H3,(H,53,54,55)(H,56,57,58)(H,59,60,61)(H,62,63,64);;;;/q;4*+1/p-4/b27-11+,28-12+,45-43?,46-44?,47-31+,48-32+;;;;. The van der Waals surface area contributed by atoms with Crippen molar-refractivity contribution in [2.24, 2.45) is 30.7 Å². The normalized spacial score (nSPS) is 16.0. The van der Waals surface area contributed by atoms with Gasteiger partial charge in [-0.1, -0.05) is 36.4 Å². The van der Waals surface area contributed by atoms with E-state index in [0.717, 1.165) is 72.9 Å². The Labute approximate surface area is 512 Å². The number of hydrogen-bond acceptors (Lipinski definition) is 22. The van der Waals surface area contributed by atoms with Crippen molar-refractivity contribution in [2.45, 2.75) is 23.6 Å². The minimum absolute atomic E-state index is 0. The van der Waals surface area contributed by atoms with Gasteiger partial charge in [-0.3, -0.25) is 0 Å². The Morgan fingerprint density at radius 1 is 0.554 bits per heavy atom. The van der Waals surface area contributed by atoms with Crippen LogP contribution in [0.4, 0.5) is 34.1 Å². The fraction of sp³-hybridized carbons (Fsp3) is 0.0952. The molecule has 0 amide bonds. The number of rotatable bonds is 15. The number of benzene rings is 4. The summed E-state index contributed by atoms with van der Waals surface area (Å²) in [6.45, 7) is 3.07. The van der Waals surface area contributed by atoms with E-state index in [0.29, 0.717) is 11.1 Å². The van der Waals surface area contributed by atoms with Crippen molar-refractivity contribution < 1.29 is 184 Å². The van der Waals surface area contributed by atoms with Gasteiger partial charge >= 0.3 is 124 Å². The summed E-state index contributed by atoms with van der Waals surface area (Å²) in [6.07, 6.45) is 8.04. The van der Waals surface area contributed by atoms with Crippen molar-refractivity contribution in [1.82, 2.24) is 0 Å². The van der Waals surface area contributed by atoms with Crippen molar-refractivity contribution in [3.05, 3.63) is 164 Å². The molecule has 2 aliphatic rings. The molecular formula is C42H32N8Na4O16S4. The smallest absolute Gasteiger partial charge is 0.744 e. The van der Waals surface area contributed by atoms with Crippen LogP contribution in [0.1, 0.15) is 11.1 Å². The predicted molar refractivity (Wildman–Crippen MR) is 247 cm³/mol. The molecule has 2 aliphatic carbocycles. The maximum atomic E-state index is 13.3. The van der Waals surface area contributed by atoms with E-state index in [1.807, 2.05) is 0 Å². The fourth-order valence-electron chi connectivity index (χ4n) is 6.17. The topological polar surface area (TPSA) is 368 Å². The summed E-state index contributed by atoms with van der Waals surface area (Å²) in [6, 6.07) is 14.8. The molecule has 4 aromatic rings. The summed E-state index contributed by atoms with van der Waals surface area (Å²) >= 11 is 0. The molecule has 32 heteroatoms. The van der Waals surface area contributed by atoms with Crippen molar-refractivity contribution in [3.63, 3.8) is 0 Å². The van der Waals surface area contributed by atoms with Crippen LogP contribution in [0.5, 0.6) is 11.5 Å². The Hall–Kier alpha value is -3.54. The number of azo groups is 2. The van der Waals surface area contributed by atoms with Gasteiger partial charge in [-0.2, -0.15) is 25.6 Å². The minimum atomic E-state index is -5.31. The molecule has 0 saturated heterocycles. The molecule has 0 aliphatic heterocycles. The zero-order valence-corrected chi connectivity index (χ0v) is 51.6. The van der Waals surface area contributed by atoms with Crippen molar-refractivity contribution >= 4 is 86.0 Å². The van der Waals surface area contributed by atoms with Gasteiger partial charge in [-0.05, 0) is 103 Å². The molecule has 24 nitrogen and oxygen atoms in total. The molecule has 0 aromatic heterocycles. The molecule has 74 heavy (non-hydrogen) atoms. The SMILES string of the molecule is COc1cc(N=Nc2cccc(S(=O)(=O)[O-])c2)c(C)cc1N([O-])/N=C1C=C/C(=C\C=C2C=C/C(=N\[N+](=O)c3cc(C)c(N=Nc4cccc(S(=O)(=O)[O-])c4)cc3OC)C=C/2S(=O)(=O)[O-])C(S(=O)(=O)[O-])=C\1.[Na+].[Na+].[Na+].[Na+]. The molecule has 0 unspecified atom stereocenters. The Balaban J connectivity index is 0.00000469. The molecule has 6 rings (SSSR count). The zero-order chi connectivity index (χ0) is 51.3. The van der Waals surface area contributed by atoms with Crippen LogP contribution in [0.25, 0.3) is 0 Å². The molecule has 0 radical (unpaired) electrons. The molecule has 0 N–H and O–H groups in total. The molecule has 0 heterocycles. The van der Waals surface area contributed by atoms with E-state index in [9.17, 15) is 62.0 Å². The van der Waals surface area contributed by atoms with E-state index in [1.165, 1.54) is 76.6 Å². The van der Waals surface area contributed by atoms with E-state index >= 15 is 0 Å². The molecule has 364 valence electrons. The van der Waals surface area contributed by atoms with Crippen LogP contribution in [-0.4, -0.2) is 82.4 Å². The van der Waals surface area contributed by atoms with Crippen LogP contribution < -0.4 is 133 Å². The first kappa shape index (κ1) is 66.6. The zero-order valence-electron chi connectivity index (χ0n) is 40.3. The predicted octanol–water partition coefficient (Wildman–Crippen LogP) is -5.05. The van der Waals surface area contributed by atoms with Gasteiger partial charge in [-0.25, -0.2) is 33.7 Å². The quantitative estimate of drug-likeness (QED) is 0.0353. The molecular weight excluding hydrogens is 1090 g/mol. The Bertz CT molecular complexity index is 3660. The Kier molecular flexibility index (Phi) is 24.9. The van der Waals surface area contributed by atoms with Crippen LogP contribution in [0.2, 0.25) is 0 Å². The number of nitrogens with zero attached hydrogens (tertiary/aromatic N) is 8. The van der Waals surface area contributed by atoms with E-state index in [1.54, 1.807) is 0 Å². The van der Waals surface area contributed by atoms with Crippen molar-refractivity contribution in [1.29, 1.82) is 0 Å². The summed E-state index contributed by atoms with van der Waals surface area (Å²) < 4.78 is 154. The summed E-state index contributed by atoms with van der Waals surface area (Å²) in [7, 11) is -17.7. The first-order valence-electron chi connectivity index (χ1n) is 19.3. The number of aryl methyl sites for hydroxylation is 2. The maximum Gasteiger partial charge on any atom is 1.00 e. The molecule has 0 fully saturated rings. The largest absolute Gasteiger partial charge is 1.00 e. The molecule has 0 atom stereocenters. The molecule has 0 spiro atoms. The number of methoxy groups -OCH3 is 2. The second-order valence-corrected chi connectivity index (χ2v) is 19.8. The van der Waals surface area contributed by atoms with Crippen LogP contribution in [0.3, 0.4) is 0 Å². The van der Waals surface area contributed by atoms with Gasteiger partial charge in [0, 0.05) is 18.2 Å². The number of ether oxygens (including phenoxy) is 2. The van der Waals surface area contributed by atoms with Crippen LogP contribution in [0.15, 0.2) is 183 Å². The van der Waals surface area contributed by atoms with Gasteiger partial charge in [0.1, 0.15) is 51.9 Å². The number of hydrazone groups is 2. The number of anilines is 1. The van der Waals surface area contributed by atoms with Gasteiger partial charge in [-0.15, -0.1) is 0 Å². The summed E-state index contributed by atoms with van der Waals surface area (Å²) in [5.74, 6) is -0.183. The van der Waals surface area contributed by atoms with Gasteiger partial charge < -0.3 is 38.1 Å². The van der Waals surface area contributed by atoms with Crippen molar-refractivity contribution in [3.8, 4) is 11.5 Å². The second-order valence-electron chi connectivity index (χ2n) is 14.4. The van der Waals surface area contributed by atoms with Gasteiger partial charge in [0.15, 0.2) is 4.87 Å². The van der Waals surface area contributed by atoms with Gasteiger partial charge in [0.05, 0.1) is 78.0 Å². The molecule has 0 bridgehead atoms. The van der Waals surface area contributed by atoms with E-state index < -0.39 is 60.1 Å². The Morgan fingerprint density at radius 3 is 1.43 bits per heavy atom. The third kappa shape index (κ3) is 17.5.